The fourth-order valence-electron chi connectivity index (χ4n) is 1.88. The fraction of sp³-hybridized carbons (Fsp3) is 0.917. The van der Waals surface area contributed by atoms with Crippen LogP contribution < -0.4 is 5.32 Å². The first kappa shape index (κ1) is 13.5. The molecule has 0 spiro atoms. The van der Waals surface area contributed by atoms with Crippen molar-refractivity contribution >= 4 is 5.91 Å². The lowest BCUT2D eigenvalue weighted by atomic mass is 10.1. The van der Waals surface area contributed by atoms with E-state index in [1.54, 1.807) is 0 Å². The number of ether oxygens (including phenoxy) is 1. The molecule has 0 aliphatic carbocycles. The summed E-state index contributed by atoms with van der Waals surface area (Å²) in [5.74, 6) is 0.610. The number of hydrogen-bond acceptors (Lipinski definition) is 3. The molecule has 0 bridgehead atoms. The lowest BCUT2D eigenvalue weighted by Crippen LogP contribution is -2.35. The third-order valence-electron chi connectivity index (χ3n) is 2.81. The number of hydrogen-bond donors (Lipinski definition) is 1. The molecule has 1 unspecified atom stereocenters. The van der Waals surface area contributed by atoms with Gasteiger partial charge in [0.1, 0.15) is 0 Å². The summed E-state index contributed by atoms with van der Waals surface area (Å²) in [5.41, 5.74) is 0. The molecule has 94 valence electrons. The number of nitrogens with one attached hydrogen (secondary N) is 1. The zero-order valence-electron chi connectivity index (χ0n) is 10.7. The Morgan fingerprint density at radius 1 is 1.50 bits per heavy atom. The molecular formula is C12H24N2O2. The first-order valence-electron chi connectivity index (χ1n) is 6.26. The monoisotopic (exact) mass is 228 g/mol. The van der Waals surface area contributed by atoms with Crippen LogP contribution >= 0.6 is 0 Å². The second-order valence-corrected chi connectivity index (χ2v) is 4.65. The van der Waals surface area contributed by atoms with E-state index in [4.69, 9.17) is 4.74 Å². The predicted molar refractivity (Wildman–Crippen MR) is 64.1 cm³/mol. The van der Waals surface area contributed by atoms with Gasteiger partial charge in [0.05, 0.1) is 12.7 Å². The molecular weight excluding hydrogens is 204 g/mol. The molecule has 1 atom stereocenters. The van der Waals surface area contributed by atoms with Crippen molar-refractivity contribution in [2.75, 3.05) is 26.4 Å². The van der Waals surface area contributed by atoms with Gasteiger partial charge in [-0.1, -0.05) is 20.8 Å². The van der Waals surface area contributed by atoms with E-state index in [0.717, 1.165) is 32.6 Å². The minimum Gasteiger partial charge on any atom is -0.381 e. The Morgan fingerprint density at radius 3 is 2.81 bits per heavy atom. The van der Waals surface area contributed by atoms with Gasteiger partial charge in [0.25, 0.3) is 0 Å². The summed E-state index contributed by atoms with van der Waals surface area (Å²) >= 11 is 0. The standard InChI is InChI=1S/C12H24N2O2/c1-4-7-16-8-5-6-14-9-13-11(10(2)3)12(14)15/h10-11,13H,4-9H2,1-3H3. The summed E-state index contributed by atoms with van der Waals surface area (Å²) in [5, 5.41) is 3.24. The SMILES string of the molecule is CCCOCCCN1CNC(C(C)C)C1=O. The van der Waals surface area contributed by atoms with Crippen LogP contribution in [0.4, 0.5) is 0 Å². The van der Waals surface area contributed by atoms with Gasteiger partial charge >= 0.3 is 0 Å². The van der Waals surface area contributed by atoms with Gasteiger partial charge in [-0.05, 0) is 18.8 Å². The summed E-state index contributed by atoms with van der Waals surface area (Å²) < 4.78 is 5.39. The Hall–Kier alpha value is -0.610. The van der Waals surface area contributed by atoms with Crippen molar-refractivity contribution in [3.05, 3.63) is 0 Å². The second-order valence-electron chi connectivity index (χ2n) is 4.65. The van der Waals surface area contributed by atoms with Gasteiger partial charge in [0.2, 0.25) is 5.91 Å². The molecule has 1 fully saturated rings. The van der Waals surface area contributed by atoms with E-state index in [1.807, 2.05) is 4.90 Å². The minimum atomic E-state index is 0.0107. The maximum atomic E-state index is 11.9. The van der Waals surface area contributed by atoms with Gasteiger partial charge < -0.3 is 9.64 Å². The van der Waals surface area contributed by atoms with Crippen LogP contribution in [-0.4, -0.2) is 43.3 Å². The summed E-state index contributed by atoms with van der Waals surface area (Å²) in [4.78, 5) is 13.8. The quantitative estimate of drug-likeness (QED) is 0.666. The van der Waals surface area contributed by atoms with Crippen LogP contribution in [0.3, 0.4) is 0 Å². The van der Waals surface area contributed by atoms with E-state index < -0.39 is 0 Å². The Balaban J connectivity index is 2.17. The largest absolute Gasteiger partial charge is 0.381 e. The number of nitrogens with zero attached hydrogens (tertiary/aromatic N) is 1. The van der Waals surface area contributed by atoms with Crippen molar-refractivity contribution in [2.45, 2.75) is 39.7 Å². The van der Waals surface area contributed by atoms with Crippen LogP contribution in [-0.2, 0) is 9.53 Å². The lowest BCUT2D eigenvalue weighted by molar-refractivity contribution is -0.129. The molecule has 1 heterocycles. The Labute approximate surface area is 98.3 Å². The Kier molecular flexibility index (Phi) is 5.77. The van der Waals surface area contributed by atoms with Crippen LogP contribution in [0.1, 0.15) is 33.6 Å². The molecule has 1 aliphatic rings. The van der Waals surface area contributed by atoms with Crippen molar-refractivity contribution in [3.8, 4) is 0 Å². The molecule has 0 aromatic heterocycles. The summed E-state index contributed by atoms with van der Waals surface area (Å²) in [6, 6.07) is 0.0107. The van der Waals surface area contributed by atoms with Gasteiger partial charge in [-0.15, -0.1) is 0 Å². The van der Waals surface area contributed by atoms with Gasteiger partial charge in [0, 0.05) is 19.8 Å². The number of carbonyl (C=O) groups is 1. The van der Waals surface area contributed by atoms with E-state index >= 15 is 0 Å². The Bertz CT molecular complexity index is 219. The lowest BCUT2D eigenvalue weighted by Gasteiger charge is -2.16. The van der Waals surface area contributed by atoms with Crippen LogP contribution in [0.25, 0.3) is 0 Å². The number of carbonyl (C=O) groups excluding carboxylic acids is 1. The highest BCUT2D eigenvalue weighted by Crippen LogP contribution is 2.11. The van der Waals surface area contributed by atoms with Gasteiger partial charge in [0.15, 0.2) is 0 Å². The average Bonchev–Trinajstić information content (AvgIpc) is 2.60. The first-order valence-corrected chi connectivity index (χ1v) is 6.26. The molecule has 0 aromatic rings. The first-order chi connectivity index (χ1) is 7.66. The number of amides is 1. The van der Waals surface area contributed by atoms with E-state index in [0.29, 0.717) is 12.6 Å². The van der Waals surface area contributed by atoms with E-state index in [1.165, 1.54) is 0 Å². The van der Waals surface area contributed by atoms with Crippen LogP contribution in [0.15, 0.2) is 0 Å². The van der Waals surface area contributed by atoms with E-state index in [-0.39, 0.29) is 11.9 Å². The molecule has 1 saturated heterocycles. The third-order valence-corrected chi connectivity index (χ3v) is 2.81. The topological polar surface area (TPSA) is 41.6 Å². The fourth-order valence-corrected chi connectivity index (χ4v) is 1.88. The van der Waals surface area contributed by atoms with Crippen molar-refractivity contribution in [2.24, 2.45) is 5.92 Å². The van der Waals surface area contributed by atoms with Crippen molar-refractivity contribution in [1.29, 1.82) is 0 Å². The molecule has 1 rings (SSSR count). The molecule has 0 radical (unpaired) electrons. The molecule has 1 aliphatic heterocycles. The maximum absolute atomic E-state index is 11.9. The maximum Gasteiger partial charge on any atom is 0.241 e. The zero-order chi connectivity index (χ0) is 12.0. The molecule has 0 aromatic carbocycles. The average molecular weight is 228 g/mol. The van der Waals surface area contributed by atoms with E-state index in [2.05, 4.69) is 26.1 Å². The van der Waals surface area contributed by atoms with Crippen molar-refractivity contribution < 1.29 is 9.53 Å². The highest BCUT2D eigenvalue weighted by molar-refractivity contribution is 5.83. The van der Waals surface area contributed by atoms with Crippen LogP contribution in [0.5, 0.6) is 0 Å². The summed E-state index contributed by atoms with van der Waals surface area (Å²) in [6.45, 7) is 9.31. The molecule has 4 nitrogen and oxygen atoms in total. The second kappa shape index (κ2) is 6.86. The molecule has 4 heteroatoms. The molecule has 1 N–H and O–H groups in total. The number of rotatable bonds is 7. The van der Waals surface area contributed by atoms with Gasteiger partial charge in [-0.3, -0.25) is 10.1 Å². The van der Waals surface area contributed by atoms with Gasteiger partial charge in [-0.25, -0.2) is 0 Å². The smallest absolute Gasteiger partial charge is 0.241 e. The molecule has 0 saturated carbocycles. The minimum absolute atomic E-state index is 0.0107. The molecule has 1 amide bonds. The predicted octanol–water partition coefficient (Wildman–Crippen LogP) is 1.22. The van der Waals surface area contributed by atoms with Crippen molar-refractivity contribution in [1.82, 2.24) is 10.2 Å². The molecule has 16 heavy (non-hydrogen) atoms. The highest BCUT2D eigenvalue weighted by Gasteiger charge is 2.32. The van der Waals surface area contributed by atoms with Gasteiger partial charge in [-0.2, -0.15) is 0 Å². The van der Waals surface area contributed by atoms with Crippen LogP contribution in [0, 0.1) is 5.92 Å². The zero-order valence-corrected chi connectivity index (χ0v) is 10.7. The van der Waals surface area contributed by atoms with Crippen molar-refractivity contribution in [3.63, 3.8) is 0 Å². The third kappa shape index (κ3) is 3.76. The normalized spacial score (nSPS) is 21.1. The highest BCUT2D eigenvalue weighted by atomic mass is 16.5. The van der Waals surface area contributed by atoms with Crippen LogP contribution in [0.2, 0.25) is 0 Å². The Morgan fingerprint density at radius 2 is 2.25 bits per heavy atom. The summed E-state index contributed by atoms with van der Waals surface area (Å²) in [6.07, 6.45) is 1.98. The summed E-state index contributed by atoms with van der Waals surface area (Å²) in [7, 11) is 0. The van der Waals surface area contributed by atoms with E-state index in [9.17, 15) is 4.79 Å².